The molecular formula is C14H18BrNO. The van der Waals surface area contributed by atoms with E-state index in [4.69, 9.17) is 0 Å². The first-order chi connectivity index (χ1) is 8.24. The highest BCUT2D eigenvalue weighted by molar-refractivity contribution is 9.10. The monoisotopic (exact) mass is 295 g/mol. The number of hydrogen-bond acceptors (Lipinski definition) is 1. The molecule has 0 aliphatic carbocycles. The van der Waals surface area contributed by atoms with Crippen LogP contribution in [0.25, 0.3) is 0 Å². The molecule has 0 radical (unpaired) electrons. The summed E-state index contributed by atoms with van der Waals surface area (Å²) < 4.78 is 1.06. The predicted molar refractivity (Wildman–Crippen MR) is 73.0 cm³/mol. The van der Waals surface area contributed by atoms with Crippen LogP contribution in [0.4, 0.5) is 0 Å². The minimum absolute atomic E-state index is 0.192. The smallest absolute Gasteiger partial charge is 0.254 e. The fourth-order valence-electron chi connectivity index (χ4n) is 2.26. The van der Waals surface area contributed by atoms with Crippen molar-refractivity contribution in [2.75, 3.05) is 6.54 Å². The molecule has 92 valence electrons. The first-order valence-electron chi connectivity index (χ1n) is 6.30. The molecule has 0 aromatic heterocycles. The molecule has 0 N–H and O–H groups in total. The summed E-state index contributed by atoms with van der Waals surface area (Å²) in [7, 11) is 0. The summed E-state index contributed by atoms with van der Waals surface area (Å²) in [4.78, 5) is 14.1. The zero-order chi connectivity index (χ0) is 12.3. The second-order valence-corrected chi connectivity index (χ2v) is 5.41. The minimum Gasteiger partial charge on any atom is -0.334 e. The van der Waals surface area contributed by atoms with Crippen molar-refractivity contribution < 1.29 is 4.79 Å². The Bertz CT molecular complexity index is 417. The van der Waals surface area contributed by atoms with Gasteiger partial charge in [-0.25, -0.2) is 0 Å². The zero-order valence-corrected chi connectivity index (χ0v) is 11.8. The molecule has 0 fully saturated rings. The quantitative estimate of drug-likeness (QED) is 0.752. The number of carbonyl (C=O) groups is 1. The van der Waals surface area contributed by atoms with Crippen LogP contribution in [0.1, 0.15) is 48.5 Å². The van der Waals surface area contributed by atoms with E-state index in [2.05, 4.69) is 22.9 Å². The highest BCUT2D eigenvalue weighted by atomic mass is 79.9. The van der Waals surface area contributed by atoms with Crippen molar-refractivity contribution >= 4 is 21.8 Å². The van der Waals surface area contributed by atoms with Gasteiger partial charge in [-0.3, -0.25) is 4.79 Å². The zero-order valence-electron chi connectivity index (χ0n) is 10.2. The number of hydrogen-bond donors (Lipinski definition) is 0. The fourth-order valence-corrected chi connectivity index (χ4v) is 2.75. The van der Waals surface area contributed by atoms with Gasteiger partial charge in [0, 0.05) is 23.1 Å². The maximum atomic E-state index is 12.1. The first-order valence-corrected chi connectivity index (χ1v) is 7.10. The molecule has 0 atom stereocenters. The van der Waals surface area contributed by atoms with Crippen LogP contribution in [0.15, 0.2) is 22.7 Å². The van der Waals surface area contributed by atoms with E-state index in [-0.39, 0.29) is 5.91 Å². The van der Waals surface area contributed by atoms with Gasteiger partial charge in [0.25, 0.3) is 5.91 Å². The van der Waals surface area contributed by atoms with E-state index >= 15 is 0 Å². The van der Waals surface area contributed by atoms with E-state index in [9.17, 15) is 4.79 Å². The van der Waals surface area contributed by atoms with Crippen LogP contribution in [-0.2, 0) is 6.54 Å². The lowest BCUT2D eigenvalue weighted by Crippen LogP contribution is -2.24. The van der Waals surface area contributed by atoms with E-state index in [1.807, 2.05) is 23.1 Å². The van der Waals surface area contributed by atoms with E-state index in [0.717, 1.165) is 35.1 Å². The molecule has 1 aliphatic rings. The summed E-state index contributed by atoms with van der Waals surface area (Å²) in [5, 5.41) is 0. The van der Waals surface area contributed by atoms with Gasteiger partial charge >= 0.3 is 0 Å². The van der Waals surface area contributed by atoms with Crippen LogP contribution < -0.4 is 0 Å². The second kappa shape index (κ2) is 5.67. The third-order valence-electron chi connectivity index (χ3n) is 3.27. The molecule has 1 aromatic carbocycles. The van der Waals surface area contributed by atoms with Gasteiger partial charge in [0.15, 0.2) is 0 Å². The summed E-state index contributed by atoms with van der Waals surface area (Å²) in [6.07, 6.45) is 4.83. The normalized spacial score (nSPS) is 14.2. The van der Waals surface area contributed by atoms with Crippen molar-refractivity contribution in [1.29, 1.82) is 0 Å². The topological polar surface area (TPSA) is 20.3 Å². The lowest BCUT2D eigenvalue weighted by molar-refractivity contribution is 0.0775. The second-order valence-electron chi connectivity index (χ2n) is 4.55. The molecule has 17 heavy (non-hydrogen) atoms. The summed E-state index contributed by atoms with van der Waals surface area (Å²) >= 11 is 3.52. The summed E-state index contributed by atoms with van der Waals surface area (Å²) in [6, 6.07) is 5.86. The molecule has 0 saturated carbocycles. The number of halogens is 1. The Morgan fingerprint density at radius 2 is 2.12 bits per heavy atom. The summed E-state index contributed by atoms with van der Waals surface area (Å²) in [6.45, 7) is 3.86. The van der Waals surface area contributed by atoms with Gasteiger partial charge in [0.05, 0.1) is 0 Å². The molecule has 1 amide bonds. The molecule has 0 spiro atoms. The van der Waals surface area contributed by atoms with Crippen LogP contribution in [0.3, 0.4) is 0 Å². The van der Waals surface area contributed by atoms with Crippen molar-refractivity contribution in [2.24, 2.45) is 0 Å². The van der Waals surface area contributed by atoms with Gasteiger partial charge in [-0.05, 0) is 24.1 Å². The predicted octanol–water partition coefficient (Wildman–Crippen LogP) is 3.99. The van der Waals surface area contributed by atoms with E-state index < -0.39 is 0 Å². The van der Waals surface area contributed by atoms with Crippen LogP contribution in [0.5, 0.6) is 0 Å². The molecule has 0 bridgehead atoms. The molecule has 1 aliphatic heterocycles. The van der Waals surface area contributed by atoms with Crippen molar-refractivity contribution in [1.82, 2.24) is 4.90 Å². The van der Waals surface area contributed by atoms with Crippen molar-refractivity contribution in [3.05, 3.63) is 33.8 Å². The Balaban J connectivity index is 1.97. The standard InChI is InChI=1S/C14H18BrNO/c1-2-3-4-5-9-16-10-12-11(14(16)17)7-6-8-13(12)15/h6-8H,2-5,9-10H2,1H3. The molecule has 0 saturated heterocycles. The lowest BCUT2D eigenvalue weighted by Gasteiger charge is -2.15. The van der Waals surface area contributed by atoms with E-state index in [1.165, 1.54) is 19.3 Å². The van der Waals surface area contributed by atoms with Crippen LogP contribution in [-0.4, -0.2) is 17.4 Å². The third kappa shape index (κ3) is 2.71. The number of amides is 1. The van der Waals surface area contributed by atoms with Gasteiger partial charge in [-0.15, -0.1) is 0 Å². The van der Waals surface area contributed by atoms with Crippen LogP contribution in [0.2, 0.25) is 0 Å². The Hall–Kier alpha value is -0.830. The molecule has 1 heterocycles. The molecular weight excluding hydrogens is 278 g/mol. The van der Waals surface area contributed by atoms with Gasteiger partial charge in [0.1, 0.15) is 0 Å². The average Bonchev–Trinajstić information content (AvgIpc) is 2.65. The number of unbranched alkanes of at least 4 members (excludes halogenated alkanes) is 3. The van der Waals surface area contributed by atoms with Crippen LogP contribution in [0, 0.1) is 0 Å². The minimum atomic E-state index is 0.192. The maximum Gasteiger partial charge on any atom is 0.254 e. The van der Waals surface area contributed by atoms with Crippen molar-refractivity contribution in [2.45, 2.75) is 39.2 Å². The molecule has 3 heteroatoms. The molecule has 2 nitrogen and oxygen atoms in total. The molecule has 2 rings (SSSR count). The number of rotatable bonds is 5. The Morgan fingerprint density at radius 3 is 2.82 bits per heavy atom. The molecule has 1 aromatic rings. The third-order valence-corrected chi connectivity index (χ3v) is 4.01. The van der Waals surface area contributed by atoms with E-state index in [1.54, 1.807) is 0 Å². The van der Waals surface area contributed by atoms with Crippen molar-refractivity contribution in [3.8, 4) is 0 Å². The van der Waals surface area contributed by atoms with Gasteiger partial charge in [0.2, 0.25) is 0 Å². The Labute approximate surface area is 111 Å². The number of carbonyl (C=O) groups excluding carboxylic acids is 1. The largest absolute Gasteiger partial charge is 0.334 e. The highest BCUT2D eigenvalue weighted by Gasteiger charge is 2.27. The van der Waals surface area contributed by atoms with Gasteiger partial charge in [-0.1, -0.05) is 48.2 Å². The number of nitrogens with zero attached hydrogens (tertiary/aromatic N) is 1. The first kappa shape index (κ1) is 12.6. The van der Waals surface area contributed by atoms with Crippen LogP contribution >= 0.6 is 15.9 Å². The Kier molecular flexibility index (Phi) is 4.21. The SMILES string of the molecule is CCCCCCN1Cc2c(Br)cccc2C1=O. The summed E-state index contributed by atoms with van der Waals surface area (Å²) in [5.74, 6) is 0.192. The highest BCUT2D eigenvalue weighted by Crippen LogP contribution is 2.29. The van der Waals surface area contributed by atoms with Crippen molar-refractivity contribution in [3.63, 3.8) is 0 Å². The van der Waals surface area contributed by atoms with E-state index in [0.29, 0.717) is 0 Å². The maximum absolute atomic E-state index is 12.1. The summed E-state index contributed by atoms with van der Waals surface area (Å²) in [5.41, 5.74) is 2.02. The lowest BCUT2D eigenvalue weighted by atomic mass is 10.1. The molecule has 0 unspecified atom stereocenters. The van der Waals surface area contributed by atoms with Gasteiger partial charge < -0.3 is 4.90 Å². The number of fused-ring (bicyclic) bond motifs is 1. The fraction of sp³-hybridized carbons (Fsp3) is 0.500. The average molecular weight is 296 g/mol. The Morgan fingerprint density at radius 1 is 1.29 bits per heavy atom. The van der Waals surface area contributed by atoms with Gasteiger partial charge in [-0.2, -0.15) is 0 Å². The number of benzene rings is 1.